The monoisotopic (exact) mass is 239 g/mol. The molecule has 3 nitrogen and oxygen atoms in total. The minimum Gasteiger partial charge on any atom is -0.444 e. The molecule has 17 heavy (non-hydrogen) atoms. The van der Waals surface area contributed by atoms with E-state index < -0.39 is 5.60 Å². The standard InChI is InChI=1S/C14H25NO2/c1-11(2)8-9-12-7-6-10-15(12)13(16)17-14(3,4)5/h8,12H,6-7,9-10H2,1-5H3/t12-/m1/s1. The number of hydrogen-bond donors (Lipinski definition) is 0. The first-order valence-corrected chi connectivity index (χ1v) is 6.42. The second-order valence-electron chi connectivity index (χ2n) is 5.99. The molecule has 1 aliphatic heterocycles. The van der Waals surface area contributed by atoms with E-state index in [1.165, 1.54) is 5.57 Å². The Morgan fingerprint density at radius 1 is 1.41 bits per heavy atom. The largest absolute Gasteiger partial charge is 0.444 e. The van der Waals surface area contributed by atoms with Crippen LogP contribution in [0.2, 0.25) is 0 Å². The van der Waals surface area contributed by atoms with Crippen LogP contribution in [0, 0.1) is 0 Å². The summed E-state index contributed by atoms with van der Waals surface area (Å²) in [4.78, 5) is 13.9. The van der Waals surface area contributed by atoms with E-state index in [1.54, 1.807) is 0 Å². The topological polar surface area (TPSA) is 29.5 Å². The van der Waals surface area contributed by atoms with Gasteiger partial charge in [0, 0.05) is 12.6 Å². The molecule has 1 atom stereocenters. The average Bonchev–Trinajstić information content (AvgIpc) is 2.59. The van der Waals surface area contributed by atoms with Crippen molar-refractivity contribution in [1.82, 2.24) is 4.90 Å². The molecule has 1 saturated heterocycles. The molecule has 1 amide bonds. The van der Waals surface area contributed by atoms with Crippen LogP contribution in [-0.2, 0) is 4.74 Å². The fourth-order valence-corrected chi connectivity index (χ4v) is 2.01. The maximum absolute atomic E-state index is 12.0. The van der Waals surface area contributed by atoms with Gasteiger partial charge in [0.2, 0.25) is 0 Å². The summed E-state index contributed by atoms with van der Waals surface area (Å²) in [6.07, 6.45) is 5.15. The summed E-state index contributed by atoms with van der Waals surface area (Å²) >= 11 is 0. The van der Waals surface area contributed by atoms with Crippen LogP contribution in [0.1, 0.15) is 53.9 Å². The van der Waals surface area contributed by atoms with Gasteiger partial charge in [-0.3, -0.25) is 0 Å². The molecule has 0 aromatic carbocycles. The van der Waals surface area contributed by atoms with Gasteiger partial charge in [-0.25, -0.2) is 4.79 Å². The zero-order valence-electron chi connectivity index (χ0n) is 11.7. The van der Waals surface area contributed by atoms with E-state index in [0.717, 1.165) is 25.8 Å². The summed E-state index contributed by atoms with van der Waals surface area (Å²) in [5.41, 5.74) is 0.904. The lowest BCUT2D eigenvalue weighted by Gasteiger charge is -2.28. The van der Waals surface area contributed by atoms with Gasteiger partial charge in [-0.2, -0.15) is 0 Å². The zero-order chi connectivity index (χ0) is 13.1. The number of ether oxygens (including phenoxy) is 1. The number of hydrogen-bond acceptors (Lipinski definition) is 2. The Morgan fingerprint density at radius 3 is 2.59 bits per heavy atom. The van der Waals surface area contributed by atoms with E-state index in [4.69, 9.17) is 4.74 Å². The van der Waals surface area contributed by atoms with Crippen LogP contribution in [0.5, 0.6) is 0 Å². The van der Waals surface area contributed by atoms with E-state index in [1.807, 2.05) is 25.7 Å². The van der Waals surface area contributed by atoms with Crippen molar-refractivity contribution in [2.75, 3.05) is 6.54 Å². The molecule has 0 spiro atoms. The smallest absolute Gasteiger partial charge is 0.410 e. The lowest BCUT2D eigenvalue weighted by Crippen LogP contribution is -2.39. The first-order chi connectivity index (χ1) is 7.79. The molecule has 0 radical (unpaired) electrons. The molecule has 1 heterocycles. The van der Waals surface area contributed by atoms with Crippen molar-refractivity contribution in [3.05, 3.63) is 11.6 Å². The molecular formula is C14H25NO2. The molecule has 0 N–H and O–H groups in total. The summed E-state index contributed by atoms with van der Waals surface area (Å²) in [5, 5.41) is 0. The molecule has 1 fully saturated rings. The fourth-order valence-electron chi connectivity index (χ4n) is 2.01. The van der Waals surface area contributed by atoms with Crippen LogP contribution >= 0.6 is 0 Å². The first-order valence-electron chi connectivity index (χ1n) is 6.42. The fraction of sp³-hybridized carbons (Fsp3) is 0.786. The summed E-state index contributed by atoms with van der Waals surface area (Å²) in [5.74, 6) is 0. The molecule has 3 heteroatoms. The van der Waals surface area contributed by atoms with Crippen LogP contribution in [0.3, 0.4) is 0 Å². The van der Waals surface area contributed by atoms with Crippen molar-refractivity contribution < 1.29 is 9.53 Å². The van der Waals surface area contributed by atoms with Crippen molar-refractivity contribution in [2.24, 2.45) is 0 Å². The molecule has 0 aromatic rings. The third-order valence-electron chi connectivity index (χ3n) is 2.80. The van der Waals surface area contributed by atoms with Crippen molar-refractivity contribution in [1.29, 1.82) is 0 Å². The second kappa shape index (κ2) is 5.56. The van der Waals surface area contributed by atoms with Gasteiger partial charge < -0.3 is 9.64 Å². The van der Waals surface area contributed by atoms with Gasteiger partial charge in [0.05, 0.1) is 0 Å². The van der Waals surface area contributed by atoms with Crippen LogP contribution < -0.4 is 0 Å². The highest BCUT2D eigenvalue weighted by Gasteiger charge is 2.31. The maximum Gasteiger partial charge on any atom is 0.410 e. The van der Waals surface area contributed by atoms with Crippen LogP contribution in [-0.4, -0.2) is 29.2 Å². The van der Waals surface area contributed by atoms with Crippen molar-refractivity contribution in [3.8, 4) is 0 Å². The highest BCUT2D eigenvalue weighted by atomic mass is 16.6. The lowest BCUT2D eigenvalue weighted by atomic mass is 10.1. The van der Waals surface area contributed by atoms with Crippen molar-refractivity contribution in [2.45, 2.75) is 65.5 Å². The SMILES string of the molecule is CC(C)=CC[C@H]1CCCN1C(=O)OC(C)(C)C. The summed E-state index contributed by atoms with van der Waals surface area (Å²) in [6.45, 7) is 10.7. The number of nitrogens with zero attached hydrogens (tertiary/aromatic N) is 1. The highest BCUT2D eigenvalue weighted by molar-refractivity contribution is 5.69. The number of carbonyl (C=O) groups is 1. The van der Waals surface area contributed by atoms with Crippen LogP contribution in [0.25, 0.3) is 0 Å². The van der Waals surface area contributed by atoms with Gasteiger partial charge in [-0.1, -0.05) is 11.6 Å². The van der Waals surface area contributed by atoms with Gasteiger partial charge in [-0.05, 0) is 53.9 Å². The van der Waals surface area contributed by atoms with E-state index in [-0.39, 0.29) is 6.09 Å². The molecule has 1 rings (SSSR count). The predicted octanol–water partition coefficient (Wildman–Crippen LogP) is 3.74. The predicted molar refractivity (Wildman–Crippen MR) is 70.0 cm³/mol. The van der Waals surface area contributed by atoms with E-state index >= 15 is 0 Å². The highest BCUT2D eigenvalue weighted by Crippen LogP contribution is 2.23. The molecular weight excluding hydrogens is 214 g/mol. The maximum atomic E-state index is 12.0. The zero-order valence-corrected chi connectivity index (χ0v) is 11.7. The summed E-state index contributed by atoms with van der Waals surface area (Å²) in [6, 6.07) is 0.319. The molecule has 0 saturated carbocycles. The molecule has 98 valence electrons. The summed E-state index contributed by atoms with van der Waals surface area (Å²) < 4.78 is 5.42. The molecule has 0 bridgehead atoms. The van der Waals surface area contributed by atoms with Crippen LogP contribution in [0.4, 0.5) is 4.79 Å². The quantitative estimate of drug-likeness (QED) is 0.687. The van der Waals surface area contributed by atoms with E-state index in [2.05, 4.69) is 19.9 Å². The van der Waals surface area contributed by atoms with E-state index in [9.17, 15) is 4.79 Å². The Hall–Kier alpha value is -0.990. The third-order valence-corrected chi connectivity index (χ3v) is 2.80. The van der Waals surface area contributed by atoms with Crippen molar-refractivity contribution >= 4 is 6.09 Å². The third kappa shape index (κ3) is 4.80. The second-order valence-corrected chi connectivity index (χ2v) is 5.99. The Balaban J connectivity index is 2.57. The molecule has 1 aliphatic rings. The van der Waals surface area contributed by atoms with Gasteiger partial charge in [0.1, 0.15) is 5.60 Å². The van der Waals surface area contributed by atoms with Crippen LogP contribution in [0.15, 0.2) is 11.6 Å². The minimum absolute atomic E-state index is 0.165. The van der Waals surface area contributed by atoms with Gasteiger partial charge in [0.25, 0.3) is 0 Å². The number of allylic oxidation sites excluding steroid dienone is 1. The van der Waals surface area contributed by atoms with E-state index in [0.29, 0.717) is 6.04 Å². The number of carbonyl (C=O) groups excluding carboxylic acids is 1. The minimum atomic E-state index is -0.402. The Labute approximate surface area is 105 Å². The van der Waals surface area contributed by atoms with Gasteiger partial charge >= 0.3 is 6.09 Å². The van der Waals surface area contributed by atoms with Gasteiger partial charge in [-0.15, -0.1) is 0 Å². The summed E-state index contributed by atoms with van der Waals surface area (Å²) in [7, 11) is 0. The Kier molecular flexibility index (Phi) is 4.61. The number of likely N-dealkylation sites (tertiary alicyclic amines) is 1. The average molecular weight is 239 g/mol. The normalized spacial score (nSPS) is 20.3. The molecule has 0 unspecified atom stereocenters. The molecule has 0 aromatic heterocycles. The van der Waals surface area contributed by atoms with Gasteiger partial charge in [0.15, 0.2) is 0 Å². The lowest BCUT2D eigenvalue weighted by molar-refractivity contribution is 0.0228. The molecule has 0 aliphatic carbocycles. The Bertz CT molecular complexity index is 298. The van der Waals surface area contributed by atoms with Crippen molar-refractivity contribution in [3.63, 3.8) is 0 Å². The first kappa shape index (κ1) is 14.1. The number of rotatable bonds is 2. The number of amides is 1. The Morgan fingerprint density at radius 2 is 2.06 bits per heavy atom.